The van der Waals surface area contributed by atoms with Crippen LogP contribution < -0.4 is 10.1 Å². The molecule has 4 heteroatoms. The summed E-state index contributed by atoms with van der Waals surface area (Å²) < 4.78 is 7.39. The number of ether oxygens (including phenoxy) is 1. The van der Waals surface area contributed by atoms with E-state index in [1.54, 1.807) is 6.20 Å². The van der Waals surface area contributed by atoms with Crippen molar-refractivity contribution in [1.82, 2.24) is 9.55 Å². The van der Waals surface area contributed by atoms with Crippen LogP contribution in [0.5, 0.6) is 5.75 Å². The Bertz CT molecular complexity index is 502. The lowest BCUT2D eigenvalue weighted by Gasteiger charge is -2.09. The van der Waals surface area contributed by atoms with Crippen molar-refractivity contribution in [1.29, 1.82) is 0 Å². The lowest BCUT2D eigenvalue weighted by molar-refractivity contribution is 0.340. The third-order valence-corrected chi connectivity index (χ3v) is 2.46. The van der Waals surface area contributed by atoms with Crippen LogP contribution in [-0.2, 0) is 6.54 Å². The van der Waals surface area contributed by atoms with Gasteiger partial charge in [0.25, 0.3) is 0 Å². The summed E-state index contributed by atoms with van der Waals surface area (Å²) in [7, 11) is 0. The van der Waals surface area contributed by atoms with Gasteiger partial charge in [-0.15, -0.1) is 6.58 Å². The van der Waals surface area contributed by atoms with Crippen LogP contribution in [0.3, 0.4) is 0 Å². The van der Waals surface area contributed by atoms with E-state index < -0.39 is 0 Å². The van der Waals surface area contributed by atoms with Crippen LogP contribution in [0.4, 0.5) is 11.6 Å². The quantitative estimate of drug-likeness (QED) is 0.792. The molecule has 1 heterocycles. The molecule has 0 saturated heterocycles. The number of nitrogens with one attached hydrogen (secondary N) is 1. The van der Waals surface area contributed by atoms with E-state index in [1.165, 1.54) is 0 Å². The molecule has 0 unspecified atom stereocenters. The molecule has 0 atom stereocenters. The van der Waals surface area contributed by atoms with Crippen molar-refractivity contribution in [2.75, 3.05) is 11.9 Å². The second-order valence-electron chi connectivity index (χ2n) is 3.77. The molecule has 0 aliphatic carbocycles. The highest BCUT2D eigenvalue weighted by atomic mass is 16.5. The molecule has 18 heavy (non-hydrogen) atoms. The minimum Gasteiger partial charge on any atom is -0.494 e. The van der Waals surface area contributed by atoms with Gasteiger partial charge in [-0.2, -0.15) is 0 Å². The number of hydrogen-bond donors (Lipinski definition) is 1. The minimum atomic E-state index is 0.677. The van der Waals surface area contributed by atoms with Gasteiger partial charge in [0, 0.05) is 24.6 Å². The molecule has 0 amide bonds. The van der Waals surface area contributed by atoms with Crippen LogP contribution in [-0.4, -0.2) is 16.2 Å². The summed E-state index contributed by atoms with van der Waals surface area (Å²) in [5.41, 5.74) is 0.981. The first kappa shape index (κ1) is 12.2. The molecule has 2 aromatic rings. The molecule has 4 nitrogen and oxygen atoms in total. The predicted molar refractivity (Wildman–Crippen MR) is 73.3 cm³/mol. The number of benzene rings is 1. The second-order valence-corrected chi connectivity index (χ2v) is 3.77. The number of rotatable bonds is 6. The maximum atomic E-state index is 5.40. The highest BCUT2D eigenvalue weighted by Gasteiger charge is 2.01. The maximum absolute atomic E-state index is 5.40. The van der Waals surface area contributed by atoms with Crippen molar-refractivity contribution in [3.63, 3.8) is 0 Å². The van der Waals surface area contributed by atoms with Crippen LogP contribution in [0.25, 0.3) is 0 Å². The van der Waals surface area contributed by atoms with E-state index in [2.05, 4.69) is 16.9 Å². The van der Waals surface area contributed by atoms with Gasteiger partial charge in [0.15, 0.2) is 0 Å². The summed E-state index contributed by atoms with van der Waals surface area (Å²) >= 11 is 0. The molecule has 94 valence electrons. The minimum absolute atomic E-state index is 0.677. The molecule has 0 saturated carbocycles. The van der Waals surface area contributed by atoms with Crippen molar-refractivity contribution in [2.45, 2.75) is 13.5 Å². The largest absolute Gasteiger partial charge is 0.494 e. The van der Waals surface area contributed by atoms with Gasteiger partial charge >= 0.3 is 0 Å². The number of aromatic nitrogens is 2. The Morgan fingerprint density at radius 1 is 1.39 bits per heavy atom. The summed E-state index contributed by atoms with van der Waals surface area (Å²) in [4.78, 5) is 4.26. The van der Waals surface area contributed by atoms with Gasteiger partial charge in [-0.25, -0.2) is 4.98 Å². The number of allylic oxidation sites excluding steroid dienone is 1. The molecule has 1 aromatic heterocycles. The van der Waals surface area contributed by atoms with E-state index in [0.717, 1.165) is 23.9 Å². The Kier molecular flexibility index (Phi) is 4.02. The van der Waals surface area contributed by atoms with Crippen molar-refractivity contribution < 1.29 is 4.74 Å². The van der Waals surface area contributed by atoms with E-state index in [0.29, 0.717) is 6.61 Å². The Labute approximate surface area is 107 Å². The van der Waals surface area contributed by atoms with Crippen LogP contribution in [0.1, 0.15) is 6.92 Å². The Morgan fingerprint density at radius 3 is 2.83 bits per heavy atom. The van der Waals surface area contributed by atoms with Crippen molar-refractivity contribution in [3.8, 4) is 5.75 Å². The van der Waals surface area contributed by atoms with Gasteiger partial charge in [0.1, 0.15) is 5.75 Å². The van der Waals surface area contributed by atoms with E-state index in [9.17, 15) is 0 Å². The molecule has 1 N–H and O–H groups in total. The zero-order chi connectivity index (χ0) is 12.8. The first-order chi connectivity index (χ1) is 8.83. The van der Waals surface area contributed by atoms with Gasteiger partial charge in [-0.05, 0) is 31.2 Å². The molecule has 0 aliphatic rings. The number of anilines is 2. The second kappa shape index (κ2) is 5.91. The summed E-state index contributed by atoms with van der Waals surface area (Å²) in [6.45, 7) is 7.11. The van der Waals surface area contributed by atoms with Gasteiger partial charge in [-0.1, -0.05) is 6.08 Å². The summed E-state index contributed by atoms with van der Waals surface area (Å²) in [5.74, 6) is 1.68. The maximum Gasteiger partial charge on any atom is 0.207 e. The third-order valence-electron chi connectivity index (χ3n) is 2.46. The van der Waals surface area contributed by atoms with E-state index in [-0.39, 0.29) is 0 Å². The van der Waals surface area contributed by atoms with Crippen molar-refractivity contribution in [2.24, 2.45) is 0 Å². The lowest BCUT2D eigenvalue weighted by atomic mass is 10.3. The molecule has 0 spiro atoms. The molecule has 2 rings (SSSR count). The zero-order valence-electron chi connectivity index (χ0n) is 10.5. The van der Waals surface area contributed by atoms with Crippen molar-refractivity contribution >= 4 is 11.6 Å². The average Bonchev–Trinajstić information content (AvgIpc) is 2.80. The summed E-state index contributed by atoms with van der Waals surface area (Å²) in [6.07, 6.45) is 5.52. The molecule has 0 radical (unpaired) electrons. The van der Waals surface area contributed by atoms with Gasteiger partial charge in [-0.3, -0.25) is 0 Å². The normalized spacial score (nSPS) is 10.1. The van der Waals surface area contributed by atoms with E-state index in [1.807, 2.05) is 48.0 Å². The fourth-order valence-corrected chi connectivity index (χ4v) is 1.65. The first-order valence-electron chi connectivity index (χ1n) is 5.95. The van der Waals surface area contributed by atoms with Gasteiger partial charge in [0.2, 0.25) is 5.95 Å². The zero-order valence-corrected chi connectivity index (χ0v) is 10.5. The third kappa shape index (κ3) is 2.91. The molecular formula is C14H17N3O. The predicted octanol–water partition coefficient (Wildman–Crippen LogP) is 3.21. The van der Waals surface area contributed by atoms with E-state index in [4.69, 9.17) is 4.74 Å². The fourth-order valence-electron chi connectivity index (χ4n) is 1.65. The summed E-state index contributed by atoms with van der Waals surface area (Å²) in [5, 5.41) is 3.26. The van der Waals surface area contributed by atoms with Crippen LogP contribution in [0.2, 0.25) is 0 Å². The number of hydrogen-bond acceptors (Lipinski definition) is 3. The average molecular weight is 243 g/mol. The van der Waals surface area contributed by atoms with Gasteiger partial charge < -0.3 is 14.6 Å². The van der Waals surface area contributed by atoms with Crippen LogP contribution in [0, 0.1) is 0 Å². The molecule has 0 bridgehead atoms. The molecule has 0 aliphatic heterocycles. The standard InChI is InChI=1S/C14H17N3O/c1-3-10-17-11-9-15-14(17)16-12-5-7-13(8-6-12)18-4-2/h3,5-9,11H,1,4,10H2,2H3,(H,15,16). The lowest BCUT2D eigenvalue weighted by Crippen LogP contribution is -2.01. The molecular weight excluding hydrogens is 226 g/mol. The Hall–Kier alpha value is -2.23. The van der Waals surface area contributed by atoms with Crippen LogP contribution in [0.15, 0.2) is 49.3 Å². The van der Waals surface area contributed by atoms with Crippen LogP contribution >= 0.6 is 0 Å². The Balaban J connectivity index is 2.08. The fraction of sp³-hybridized carbons (Fsp3) is 0.214. The van der Waals surface area contributed by atoms with Gasteiger partial charge in [0.05, 0.1) is 6.61 Å². The SMILES string of the molecule is C=CCn1ccnc1Nc1ccc(OCC)cc1. The first-order valence-corrected chi connectivity index (χ1v) is 5.95. The van der Waals surface area contributed by atoms with E-state index >= 15 is 0 Å². The smallest absolute Gasteiger partial charge is 0.207 e. The van der Waals surface area contributed by atoms with Crippen molar-refractivity contribution in [3.05, 3.63) is 49.3 Å². The Morgan fingerprint density at radius 2 is 2.17 bits per heavy atom. The molecule has 1 aromatic carbocycles. The summed E-state index contributed by atoms with van der Waals surface area (Å²) in [6, 6.07) is 7.81. The monoisotopic (exact) mass is 243 g/mol. The highest BCUT2D eigenvalue weighted by molar-refractivity contribution is 5.54. The highest BCUT2D eigenvalue weighted by Crippen LogP contribution is 2.19. The topological polar surface area (TPSA) is 39.1 Å². The number of imidazole rings is 1. The molecule has 0 fully saturated rings. The number of nitrogens with zero attached hydrogens (tertiary/aromatic N) is 2.